The SMILES string of the molecule is C1CNC(c2n[nH]c3c2CSCC3)C1. The molecule has 0 radical (unpaired) electrons. The molecule has 0 amide bonds. The largest absolute Gasteiger partial charge is 0.309 e. The smallest absolute Gasteiger partial charge is 0.0834 e. The molecule has 3 nitrogen and oxygen atoms in total. The molecule has 0 bridgehead atoms. The van der Waals surface area contributed by atoms with Crippen LogP contribution in [0.1, 0.15) is 35.8 Å². The van der Waals surface area contributed by atoms with Gasteiger partial charge in [-0.2, -0.15) is 16.9 Å². The molecule has 2 N–H and O–H groups in total. The highest BCUT2D eigenvalue weighted by molar-refractivity contribution is 7.98. The van der Waals surface area contributed by atoms with Crippen molar-refractivity contribution in [3.05, 3.63) is 17.0 Å². The first-order valence-corrected chi connectivity index (χ1v) is 6.48. The molecule has 0 aliphatic carbocycles. The predicted octanol–water partition coefficient (Wildman–Crippen LogP) is 1.62. The predicted molar refractivity (Wildman–Crippen MR) is 58.4 cm³/mol. The van der Waals surface area contributed by atoms with E-state index >= 15 is 0 Å². The van der Waals surface area contributed by atoms with E-state index in [1.807, 2.05) is 11.8 Å². The number of hydrogen-bond donors (Lipinski definition) is 2. The summed E-state index contributed by atoms with van der Waals surface area (Å²) in [6.07, 6.45) is 3.71. The summed E-state index contributed by atoms with van der Waals surface area (Å²) in [7, 11) is 0. The summed E-state index contributed by atoms with van der Waals surface area (Å²) in [5, 5.41) is 11.2. The molecule has 3 rings (SSSR count). The third kappa shape index (κ3) is 1.37. The van der Waals surface area contributed by atoms with E-state index in [0.717, 1.165) is 12.3 Å². The molecule has 2 aliphatic rings. The Morgan fingerprint density at radius 1 is 1.43 bits per heavy atom. The zero-order chi connectivity index (χ0) is 9.38. The number of fused-ring (bicyclic) bond motifs is 1. The molecule has 1 atom stereocenters. The number of H-pyrrole nitrogens is 1. The van der Waals surface area contributed by atoms with Crippen LogP contribution in [0.15, 0.2) is 0 Å². The Balaban J connectivity index is 1.93. The molecule has 1 saturated heterocycles. The average Bonchev–Trinajstić information content (AvgIpc) is 2.85. The fourth-order valence-corrected chi connectivity index (χ4v) is 3.36. The number of nitrogens with zero attached hydrogens (tertiary/aromatic N) is 1. The lowest BCUT2D eigenvalue weighted by molar-refractivity contribution is 0.621. The zero-order valence-electron chi connectivity index (χ0n) is 8.18. The lowest BCUT2D eigenvalue weighted by Crippen LogP contribution is -2.15. The van der Waals surface area contributed by atoms with E-state index in [1.54, 1.807) is 0 Å². The van der Waals surface area contributed by atoms with E-state index in [0.29, 0.717) is 6.04 Å². The molecule has 14 heavy (non-hydrogen) atoms. The van der Waals surface area contributed by atoms with Gasteiger partial charge in [0.15, 0.2) is 0 Å². The van der Waals surface area contributed by atoms with E-state index in [-0.39, 0.29) is 0 Å². The van der Waals surface area contributed by atoms with E-state index in [9.17, 15) is 0 Å². The van der Waals surface area contributed by atoms with Gasteiger partial charge in [0.1, 0.15) is 0 Å². The molecule has 0 aromatic carbocycles. The van der Waals surface area contributed by atoms with Gasteiger partial charge >= 0.3 is 0 Å². The van der Waals surface area contributed by atoms with E-state index < -0.39 is 0 Å². The summed E-state index contributed by atoms with van der Waals surface area (Å²) in [4.78, 5) is 0. The molecule has 2 aliphatic heterocycles. The number of hydrogen-bond acceptors (Lipinski definition) is 3. The molecule has 0 saturated carbocycles. The maximum absolute atomic E-state index is 4.48. The molecule has 1 unspecified atom stereocenters. The summed E-state index contributed by atoms with van der Waals surface area (Å²) < 4.78 is 0. The summed E-state index contributed by atoms with van der Waals surface area (Å²) >= 11 is 2.03. The summed E-state index contributed by atoms with van der Waals surface area (Å²) in [6.45, 7) is 1.15. The number of aromatic amines is 1. The second-order valence-corrected chi connectivity index (χ2v) is 5.12. The Kier molecular flexibility index (Phi) is 2.25. The maximum Gasteiger partial charge on any atom is 0.0834 e. The van der Waals surface area contributed by atoms with Crippen LogP contribution < -0.4 is 5.32 Å². The van der Waals surface area contributed by atoms with Gasteiger partial charge in [-0.3, -0.25) is 5.10 Å². The zero-order valence-corrected chi connectivity index (χ0v) is 8.99. The molecule has 0 spiro atoms. The van der Waals surface area contributed by atoms with E-state index in [1.165, 1.54) is 42.0 Å². The Morgan fingerprint density at radius 2 is 2.43 bits per heavy atom. The van der Waals surface area contributed by atoms with Crippen LogP contribution >= 0.6 is 11.8 Å². The molecule has 4 heteroatoms. The summed E-state index contributed by atoms with van der Waals surface area (Å²) in [5.74, 6) is 2.39. The van der Waals surface area contributed by atoms with Crippen LogP contribution in [0.25, 0.3) is 0 Å². The first-order valence-electron chi connectivity index (χ1n) is 5.32. The van der Waals surface area contributed by atoms with Gasteiger partial charge in [0, 0.05) is 17.0 Å². The molecule has 76 valence electrons. The first-order chi connectivity index (χ1) is 6.95. The van der Waals surface area contributed by atoms with Crippen molar-refractivity contribution in [1.82, 2.24) is 15.5 Å². The standard InChI is InChI=1S/C10H15N3S/c1-2-9(11-4-1)10-7-6-14-5-3-8(7)12-13-10/h9,11H,1-6H2,(H,12,13). The van der Waals surface area contributed by atoms with Gasteiger partial charge in [-0.05, 0) is 31.6 Å². The van der Waals surface area contributed by atoms with Crippen molar-refractivity contribution in [1.29, 1.82) is 0 Å². The second kappa shape index (κ2) is 3.59. The van der Waals surface area contributed by atoms with E-state index in [4.69, 9.17) is 0 Å². The lowest BCUT2D eigenvalue weighted by atomic mass is 10.1. The topological polar surface area (TPSA) is 40.7 Å². The van der Waals surface area contributed by atoms with Crippen LogP contribution in [0.5, 0.6) is 0 Å². The lowest BCUT2D eigenvalue weighted by Gasteiger charge is -2.14. The van der Waals surface area contributed by atoms with Crippen molar-refractivity contribution in [3.63, 3.8) is 0 Å². The highest BCUT2D eigenvalue weighted by Gasteiger charge is 2.25. The molecular formula is C10H15N3S. The van der Waals surface area contributed by atoms with Crippen LogP contribution in [0.2, 0.25) is 0 Å². The van der Waals surface area contributed by atoms with Crippen LogP contribution in [0.4, 0.5) is 0 Å². The minimum absolute atomic E-state index is 0.522. The normalized spacial score (nSPS) is 26.4. The van der Waals surface area contributed by atoms with Gasteiger partial charge in [0.2, 0.25) is 0 Å². The van der Waals surface area contributed by atoms with Crippen molar-refractivity contribution < 1.29 is 0 Å². The molecule has 1 fully saturated rings. The molecular weight excluding hydrogens is 194 g/mol. The van der Waals surface area contributed by atoms with Crippen LogP contribution in [0, 0.1) is 0 Å². The number of aryl methyl sites for hydroxylation is 1. The molecule has 3 heterocycles. The maximum atomic E-state index is 4.48. The minimum atomic E-state index is 0.522. The number of thioether (sulfide) groups is 1. The van der Waals surface area contributed by atoms with Crippen molar-refractivity contribution >= 4 is 11.8 Å². The van der Waals surface area contributed by atoms with Crippen LogP contribution in [-0.4, -0.2) is 22.5 Å². The Hall–Kier alpha value is -0.480. The summed E-state index contributed by atoms with van der Waals surface area (Å²) in [6, 6.07) is 0.522. The van der Waals surface area contributed by atoms with Gasteiger partial charge in [-0.15, -0.1) is 0 Å². The highest BCUT2D eigenvalue weighted by Crippen LogP contribution is 2.31. The third-order valence-corrected chi connectivity index (χ3v) is 4.10. The summed E-state index contributed by atoms with van der Waals surface area (Å²) in [5.41, 5.74) is 4.16. The molecule has 1 aromatic heterocycles. The Morgan fingerprint density at radius 3 is 3.29 bits per heavy atom. The van der Waals surface area contributed by atoms with Crippen molar-refractivity contribution in [2.45, 2.75) is 31.1 Å². The van der Waals surface area contributed by atoms with Gasteiger partial charge in [0.25, 0.3) is 0 Å². The fraction of sp³-hybridized carbons (Fsp3) is 0.700. The first kappa shape index (κ1) is 8.80. The van der Waals surface area contributed by atoms with Gasteiger partial charge in [0.05, 0.1) is 11.7 Å². The highest BCUT2D eigenvalue weighted by atomic mass is 32.2. The van der Waals surface area contributed by atoms with Crippen molar-refractivity contribution in [2.24, 2.45) is 0 Å². The Labute approximate surface area is 88.0 Å². The third-order valence-electron chi connectivity index (χ3n) is 3.12. The minimum Gasteiger partial charge on any atom is -0.309 e. The number of rotatable bonds is 1. The number of nitrogens with one attached hydrogen (secondary N) is 2. The van der Waals surface area contributed by atoms with Crippen molar-refractivity contribution in [2.75, 3.05) is 12.3 Å². The Bertz CT molecular complexity index is 328. The van der Waals surface area contributed by atoms with Crippen LogP contribution in [-0.2, 0) is 12.2 Å². The van der Waals surface area contributed by atoms with Crippen molar-refractivity contribution in [3.8, 4) is 0 Å². The van der Waals surface area contributed by atoms with Gasteiger partial charge in [-0.1, -0.05) is 0 Å². The number of aromatic nitrogens is 2. The van der Waals surface area contributed by atoms with E-state index in [2.05, 4.69) is 15.5 Å². The van der Waals surface area contributed by atoms with Gasteiger partial charge < -0.3 is 5.32 Å². The second-order valence-electron chi connectivity index (χ2n) is 4.02. The monoisotopic (exact) mass is 209 g/mol. The fourth-order valence-electron chi connectivity index (χ4n) is 2.34. The molecule has 1 aromatic rings. The quantitative estimate of drug-likeness (QED) is 0.738. The van der Waals surface area contributed by atoms with Gasteiger partial charge in [-0.25, -0.2) is 0 Å². The van der Waals surface area contributed by atoms with Crippen LogP contribution in [0.3, 0.4) is 0 Å². The average molecular weight is 209 g/mol.